The fourth-order valence-electron chi connectivity index (χ4n) is 2.23. The van der Waals surface area contributed by atoms with Gasteiger partial charge in [-0.3, -0.25) is 9.59 Å². The number of ether oxygens (including phenoxy) is 3. The SMILES string of the molecule is COc1cc(OC)c(OC)cc1CNC(=O)Cn1ccccc1=O. The molecule has 24 heavy (non-hydrogen) atoms. The van der Waals surface area contributed by atoms with Crippen LogP contribution < -0.4 is 25.1 Å². The van der Waals surface area contributed by atoms with Crippen molar-refractivity contribution in [3.8, 4) is 17.2 Å². The summed E-state index contributed by atoms with van der Waals surface area (Å²) in [6, 6.07) is 8.18. The Bertz CT molecular complexity index is 770. The first-order valence-electron chi connectivity index (χ1n) is 7.30. The fourth-order valence-corrected chi connectivity index (χ4v) is 2.23. The molecule has 0 aliphatic rings. The van der Waals surface area contributed by atoms with Crippen LogP contribution in [-0.2, 0) is 17.9 Å². The maximum Gasteiger partial charge on any atom is 0.250 e. The largest absolute Gasteiger partial charge is 0.496 e. The van der Waals surface area contributed by atoms with Crippen LogP contribution >= 0.6 is 0 Å². The van der Waals surface area contributed by atoms with Gasteiger partial charge in [-0.15, -0.1) is 0 Å². The summed E-state index contributed by atoms with van der Waals surface area (Å²) in [6.07, 6.45) is 1.57. The summed E-state index contributed by atoms with van der Waals surface area (Å²) in [5.41, 5.74) is 0.514. The predicted molar refractivity (Wildman–Crippen MR) is 88.6 cm³/mol. The first-order valence-corrected chi connectivity index (χ1v) is 7.30. The summed E-state index contributed by atoms with van der Waals surface area (Å²) in [5.74, 6) is 1.38. The molecule has 0 fully saturated rings. The summed E-state index contributed by atoms with van der Waals surface area (Å²) in [4.78, 5) is 23.7. The molecular formula is C17H20N2O5. The minimum atomic E-state index is -0.278. The van der Waals surface area contributed by atoms with Crippen LogP contribution in [0.5, 0.6) is 17.2 Å². The number of carbonyl (C=O) groups is 1. The van der Waals surface area contributed by atoms with E-state index in [4.69, 9.17) is 14.2 Å². The number of methoxy groups -OCH3 is 3. The van der Waals surface area contributed by atoms with E-state index in [1.165, 1.54) is 32.0 Å². The molecule has 0 unspecified atom stereocenters. The third kappa shape index (κ3) is 4.07. The summed E-state index contributed by atoms with van der Waals surface area (Å²) in [5, 5.41) is 2.76. The monoisotopic (exact) mass is 332 g/mol. The van der Waals surface area contributed by atoms with E-state index in [1.54, 1.807) is 30.5 Å². The highest BCUT2D eigenvalue weighted by molar-refractivity contribution is 5.75. The highest BCUT2D eigenvalue weighted by atomic mass is 16.5. The van der Waals surface area contributed by atoms with Crippen molar-refractivity contribution in [2.24, 2.45) is 0 Å². The van der Waals surface area contributed by atoms with Gasteiger partial charge in [0.1, 0.15) is 12.3 Å². The zero-order valence-corrected chi connectivity index (χ0v) is 13.9. The second-order valence-electron chi connectivity index (χ2n) is 4.96. The number of nitrogens with zero attached hydrogens (tertiary/aromatic N) is 1. The van der Waals surface area contributed by atoms with Crippen LogP contribution in [0.1, 0.15) is 5.56 Å². The van der Waals surface area contributed by atoms with Crippen molar-refractivity contribution < 1.29 is 19.0 Å². The van der Waals surface area contributed by atoms with Crippen molar-refractivity contribution in [1.82, 2.24) is 9.88 Å². The molecule has 1 heterocycles. The molecule has 7 heteroatoms. The number of carbonyl (C=O) groups excluding carboxylic acids is 1. The van der Waals surface area contributed by atoms with Gasteiger partial charge in [-0.1, -0.05) is 6.07 Å². The van der Waals surface area contributed by atoms with Gasteiger partial charge in [-0.2, -0.15) is 0 Å². The Hall–Kier alpha value is -2.96. The first-order chi connectivity index (χ1) is 11.6. The van der Waals surface area contributed by atoms with Gasteiger partial charge in [0.05, 0.1) is 21.3 Å². The molecule has 1 N–H and O–H groups in total. The number of pyridine rings is 1. The molecule has 0 saturated heterocycles. The van der Waals surface area contributed by atoms with Gasteiger partial charge < -0.3 is 24.1 Å². The lowest BCUT2D eigenvalue weighted by Gasteiger charge is -2.14. The van der Waals surface area contributed by atoms with Gasteiger partial charge in [0.25, 0.3) is 5.56 Å². The van der Waals surface area contributed by atoms with Crippen LogP contribution in [-0.4, -0.2) is 31.8 Å². The second kappa shape index (κ2) is 8.05. The number of hydrogen-bond acceptors (Lipinski definition) is 5. The Morgan fingerprint density at radius 1 is 1.04 bits per heavy atom. The van der Waals surface area contributed by atoms with E-state index in [-0.39, 0.29) is 24.6 Å². The van der Waals surface area contributed by atoms with Gasteiger partial charge >= 0.3 is 0 Å². The van der Waals surface area contributed by atoms with Crippen LogP contribution in [0.25, 0.3) is 0 Å². The lowest BCUT2D eigenvalue weighted by molar-refractivity contribution is -0.121. The molecule has 0 atom stereocenters. The molecule has 1 amide bonds. The summed E-state index contributed by atoms with van der Waals surface area (Å²) < 4.78 is 17.1. The normalized spacial score (nSPS) is 10.1. The molecule has 7 nitrogen and oxygen atoms in total. The number of aromatic nitrogens is 1. The molecule has 1 aromatic carbocycles. The highest BCUT2D eigenvalue weighted by Gasteiger charge is 2.13. The van der Waals surface area contributed by atoms with Crippen molar-refractivity contribution in [3.05, 3.63) is 52.4 Å². The van der Waals surface area contributed by atoms with Crippen molar-refractivity contribution in [2.45, 2.75) is 13.1 Å². The Morgan fingerprint density at radius 3 is 2.33 bits per heavy atom. The minimum Gasteiger partial charge on any atom is -0.496 e. The van der Waals surface area contributed by atoms with Gasteiger partial charge in [-0.25, -0.2) is 0 Å². The Morgan fingerprint density at radius 2 is 1.71 bits per heavy atom. The topological polar surface area (TPSA) is 78.8 Å². The molecule has 1 aromatic heterocycles. The average molecular weight is 332 g/mol. The Balaban J connectivity index is 2.09. The van der Waals surface area contributed by atoms with E-state index in [9.17, 15) is 9.59 Å². The second-order valence-corrected chi connectivity index (χ2v) is 4.96. The van der Waals surface area contributed by atoms with Crippen molar-refractivity contribution in [3.63, 3.8) is 0 Å². The number of benzene rings is 1. The molecule has 0 aliphatic carbocycles. The number of hydrogen-bond donors (Lipinski definition) is 1. The van der Waals surface area contributed by atoms with Gasteiger partial charge in [0, 0.05) is 30.4 Å². The van der Waals surface area contributed by atoms with Gasteiger partial charge in [0.15, 0.2) is 11.5 Å². The molecule has 2 aromatic rings. The summed E-state index contributed by atoms with van der Waals surface area (Å²) in [6.45, 7) is 0.194. The van der Waals surface area contributed by atoms with Crippen LogP contribution in [0.2, 0.25) is 0 Å². The van der Waals surface area contributed by atoms with Crippen molar-refractivity contribution >= 4 is 5.91 Å². The van der Waals surface area contributed by atoms with E-state index >= 15 is 0 Å². The van der Waals surface area contributed by atoms with Crippen LogP contribution in [0, 0.1) is 0 Å². The van der Waals surface area contributed by atoms with Crippen LogP contribution in [0.15, 0.2) is 41.3 Å². The molecule has 0 spiro atoms. The lowest BCUT2D eigenvalue weighted by Crippen LogP contribution is -2.31. The third-order valence-corrected chi connectivity index (χ3v) is 3.48. The first kappa shape index (κ1) is 17.4. The maximum absolute atomic E-state index is 12.0. The summed E-state index contributed by atoms with van der Waals surface area (Å²) in [7, 11) is 4.61. The maximum atomic E-state index is 12.0. The number of rotatable bonds is 7. The quantitative estimate of drug-likeness (QED) is 0.824. The zero-order valence-electron chi connectivity index (χ0n) is 13.9. The summed E-state index contributed by atoms with van der Waals surface area (Å²) >= 11 is 0. The van der Waals surface area contributed by atoms with Crippen LogP contribution in [0.3, 0.4) is 0 Å². The van der Waals surface area contributed by atoms with Crippen molar-refractivity contribution in [1.29, 1.82) is 0 Å². The predicted octanol–water partition coefficient (Wildman–Crippen LogP) is 1.19. The lowest BCUT2D eigenvalue weighted by atomic mass is 10.1. The van der Waals surface area contributed by atoms with Gasteiger partial charge in [-0.05, 0) is 12.1 Å². The highest BCUT2D eigenvalue weighted by Crippen LogP contribution is 2.34. The molecule has 2 rings (SSSR count). The average Bonchev–Trinajstić information content (AvgIpc) is 2.61. The number of nitrogens with one attached hydrogen (secondary N) is 1. The molecular weight excluding hydrogens is 312 g/mol. The molecule has 128 valence electrons. The van der Waals surface area contributed by atoms with E-state index in [1.807, 2.05) is 0 Å². The Kier molecular flexibility index (Phi) is 5.83. The van der Waals surface area contributed by atoms with E-state index in [0.29, 0.717) is 17.2 Å². The molecule has 0 radical (unpaired) electrons. The molecule has 0 aliphatic heterocycles. The fraction of sp³-hybridized carbons (Fsp3) is 0.294. The van der Waals surface area contributed by atoms with E-state index in [2.05, 4.69) is 5.32 Å². The van der Waals surface area contributed by atoms with Crippen molar-refractivity contribution in [2.75, 3.05) is 21.3 Å². The van der Waals surface area contributed by atoms with Gasteiger partial charge in [0.2, 0.25) is 5.91 Å². The third-order valence-electron chi connectivity index (χ3n) is 3.48. The van der Waals surface area contributed by atoms with E-state index < -0.39 is 0 Å². The zero-order chi connectivity index (χ0) is 17.5. The van der Waals surface area contributed by atoms with Crippen LogP contribution in [0.4, 0.5) is 0 Å². The molecule has 0 saturated carbocycles. The smallest absolute Gasteiger partial charge is 0.250 e. The number of amides is 1. The minimum absolute atomic E-state index is 0.0464. The molecule has 0 bridgehead atoms. The Labute approximate surface area is 139 Å². The standard InChI is InChI=1S/C17H20N2O5/c1-22-13-9-15(24-3)14(23-2)8-12(13)10-18-16(20)11-19-7-5-4-6-17(19)21/h4-9H,10-11H2,1-3H3,(H,18,20). The van der Waals surface area contributed by atoms with E-state index in [0.717, 1.165) is 5.56 Å².